The van der Waals surface area contributed by atoms with Gasteiger partial charge in [-0.3, -0.25) is 4.79 Å². The predicted molar refractivity (Wildman–Crippen MR) is 77.4 cm³/mol. The number of nitrogens with one attached hydrogen (secondary N) is 1. The third-order valence-corrected chi connectivity index (χ3v) is 3.96. The van der Waals surface area contributed by atoms with Crippen LogP contribution in [0.5, 0.6) is 0 Å². The molecule has 1 aromatic heterocycles. The standard InChI is InChI=1S/C14H20ClN3O/c1-14(2)5-3-4-10(7-14)18-13-11(15)6-9(8-17-13)12(16)19/h6,8,10H,3-5,7H2,1-2H3,(H2,16,19)(H,17,18). The van der Waals surface area contributed by atoms with E-state index in [1.165, 1.54) is 19.0 Å². The number of carbonyl (C=O) groups excluding carboxylic acids is 1. The van der Waals surface area contributed by atoms with Gasteiger partial charge in [0.15, 0.2) is 0 Å². The molecule has 1 saturated carbocycles. The molecule has 0 bridgehead atoms. The van der Waals surface area contributed by atoms with Crippen molar-refractivity contribution in [2.75, 3.05) is 5.32 Å². The molecule has 0 radical (unpaired) electrons. The summed E-state index contributed by atoms with van der Waals surface area (Å²) in [5.41, 5.74) is 5.88. The van der Waals surface area contributed by atoms with Crippen LogP contribution in [-0.4, -0.2) is 16.9 Å². The van der Waals surface area contributed by atoms with Gasteiger partial charge in [-0.2, -0.15) is 0 Å². The fourth-order valence-corrected chi connectivity index (χ4v) is 2.91. The molecule has 19 heavy (non-hydrogen) atoms. The summed E-state index contributed by atoms with van der Waals surface area (Å²) in [6.07, 6.45) is 6.15. The Bertz CT molecular complexity index is 488. The van der Waals surface area contributed by atoms with Gasteiger partial charge in [-0.05, 0) is 30.7 Å². The van der Waals surface area contributed by atoms with Crippen LogP contribution in [0.1, 0.15) is 49.9 Å². The van der Waals surface area contributed by atoms with E-state index in [4.69, 9.17) is 17.3 Å². The number of halogens is 1. The fourth-order valence-electron chi connectivity index (χ4n) is 2.69. The van der Waals surface area contributed by atoms with E-state index in [-0.39, 0.29) is 0 Å². The zero-order valence-electron chi connectivity index (χ0n) is 11.4. The lowest BCUT2D eigenvalue weighted by atomic mass is 9.75. The number of nitrogens with two attached hydrogens (primary N) is 1. The molecule has 0 spiro atoms. The molecule has 3 N–H and O–H groups in total. The first-order chi connectivity index (χ1) is 8.87. The molecule has 104 valence electrons. The molecule has 1 amide bonds. The van der Waals surface area contributed by atoms with E-state index in [1.54, 1.807) is 6.07 Å². The summed E-state index contributed by atoms with van der Waals surface area (Å²) in [5, 5.41) is 3.82. The van der Waals surface area contributed by atoms with Crippen molar-refractivity contribution in [1.82, 2.24) is 4.98 Å². The largest absolute Gasteiger partial charge is 0.366 e. The van der Waals surface area contributed by atoms with Crippen molar-refractivity contribution in [3.63, 3.8) is 0 Å². The number of anilines is 1. The van der Waals surface area contributed by atoms with E-state index < -0.39 is 5.91 Å². The van der Waals surface area contributed by atoms with Crippen molar-refractivity contribution in [3.05, 3.63) is 22.8 Å². The number of nitrogens with zero attached hydrogens (tertiary/aromatic N) is 1. The van der Waals surface area contributed by atoms with Gasteiger partial charge >= 0.3 is 0 Å². The number of hydrogen-bond donors (Lipinski definition) is 2. The van der Waals surface area contributed by atoms with Gasteiger partial charge in [0.2, 0.25) is 5.91 Å². The summed E-state index contributed by atoms with van der Waals surface area (Å²) >= 11 is 6.13. The van der Waals surface area contributed by atoms with Crippen LogP contribution in [0.3, 0.4) is 0 Å². The van der Waals surface area contributed by atoms with Crippen LogP contribution in [0.2, 0.25) is 5.02 Å². The molecule has 1 aliphatic rings. The number of rotatable bonds is 3. The van der Waals surface area contributed by atoms with Crippen LogP contribution in [0.15, 0.2) is 12.3 Å². The van der Waals surface area contributed by atoms with E-state index in [1.807, 2.05) is 0 Å². The van der Waals surface area contributed by atoms with Crippen molar-refractivity contribution in [2.45, 2.75) is 45.6 Å². The molecular weight excluding hydrogens is 262 g/mol. The van der Waals surface area contributed by atoms with Crippen molar-refractivity contribution in [1.29, 1.82) is 0 Å². The lowest BCUT2D eigenvalue weighted by molar-refractivity contribution is 0.1000. The fraction of sp³-hybridized carbons (Fsp3) is 0.571. The predicted octanol–water partition coefficient (Wildman–Crippen LogP) is 3.21. The zero-order valence-corrected chi connectivity index (χ0v) is 12.1. The van der Waals surface area contributed by atoms with E-state index in [2.05, 4.69) is 24.1 Å². The number of pyridine rings is 1. The van der Waals surface area contributed by atoms with E-state index >= 15 is 0 Å². The highest BCUT2D eigenvalue weighted by Crippen LogP contribution is 2.36. The maximum atomic E-state index is 11.0. The summed E-state index contributed by atoms with van der Waals surface area (Å²) < 4.78 is 0. The van der Waals surface area contributed by atoms with Crippen molar-refractivity contribution < 1.29 is 4.79 Å². The highest BCUT2D eigenvalue weighted by molar-refractivity contribution is 6.33. The molecular formula is C14H20ClN3O. The quantitative estimate of drug-likeness (QED) is 0.894. The molecule has 1 aliphatic carbocycles. The smallest absolute Gasteiger partial charge is 0.250 e. The van der Waals surface area contributed by atoms with Crippen LogP contribution in [0.4, 0.5) is 5.82 Å². The third-order valence-electron chi connectivity index (χ3n) is 3.67. The lowest BCUT2D eigenvalue weighted by Gasteiger charge is -2.35. The van der Waals surface area contributed by atoms with Gasteiger partial charge in [-0.25, -0.2) is 4.98 Å². The number of hydrogen-bond acceptors (Lipinski definition) is 3. The second kappa shape index (κ2) is 5.37. The minimum absolute atomic E-state index is 0.333. The Kier molecular flexibility index (Phi) is 3.99. The van der Waals surface area contributed by atoms with E-state index in [9.17, 15) is 4.79 Å². The van der Waals surface area contributed by atoms with Gasteiger partial charge < -0.3 is 11.1 Å². The zero-order chi connectivity index (χ0) is 14.0. The first-order valence-corrected chi connectivity index (χ1v) is 6.97. The minimum Gasteiger partial charge on any atom is -0.366 e. The molecule has 5 heteroatoms. The van der Waals surface area contributed by atoms with Crippen molar-refractivity contribution in [2.24, 2.45) is 11.1 Å². The Morgan fingerprint density at radius 1 is 1.58 bits per heavy atom. The number of amides is 1. The van der Waals surface area contributed by atoms with Gasteiger partial charge in [0, 0.05) is 12.2 Å². The minimum atomic E-state index is -0.514. The Labute approximate surface area is 118 Å². The molecule has 1 atom stereocenters. The second-order valence-electron chi connectivity index (χ2n) is 6.02. The Balaban J connectivity index is 2.09. The van der Waals surface area contributed by atoms with Crippen LogP contribution in [0.25, 0.3) is 0 Å². The Hall–Kier alpha value is -1.29. The highest BCUT2D eigenvalue weighted by atomic mass is 35.5. The number of primary amides is 1. The second-order valence-corrected chi connectivity index (χ2v) is 6.43. The van der Waals surface area contributed by atoms with Gasteiger partial charge in [0.05, 0.1) is 10.6 Å². The number of aromatic nitrogens is 1. The van der Waals surface area contributed by atoms with Crippen LogP contribution < -0.4 is 11.1 Å². The monoisotopic (exact) mass is 281 g/mol. The molecule has 1 unspecified atom stereocenters. The van der Waals surface area contributed by atoms with E-state index in [0.717, 1.165) is 12.8 Å². The van der Waals surface area contributed by atoms with Crippen molar-refractivity contribution >= 4 is 23.3 Å². The van der Waals surface area contributed by atoms with Gasteiger partial charge in [0.25, 0.3) is 0 Å². The first kappa shape index (κ1) is 14.1. The summed E-state index contributed by atoms with van der Waals surface area (Å²) in [6.45, 7) is 4.57. The lowest BCUT2D eigenvalue weighted by Crippen LogP contribution is -2.32. The van der Waals surface area contributed by atoms with Crippen LogP contribution in [0, 0.1) is 5.41 Å². The molecule has 4 nitrogen and oxygen atoms in total. The van der Waals surface area contributed by atoms with Gasteiger partial charge in [-0.1, -0.05) is 31.9 Å². The summed E-state index contributed by atoms with van der Waals surface area (Å²) in [6, 6.07) is 1.95. The topological polar surface area (TPSA) is 68.0 Å². The molecule has 1 fully saturated rings. The van der Waals surface area contributed by atoms with Gasteiger partial charge in [0.1, 0.15) is 5.82 Å². The Morgan fingerprint density at radius 3 is 2.89 bits per heavy atom. The maximum absolute atomic E-state index is 11.0. The molecule has 0 aliphatic heterocycles. The maximum Gasteiger partial charge on any atom is 0.250 e. The molecule has 2 rings (SSSR count). The molecule has 1 heterocycles. The summed E-state index contributed by atoms with van der Waals surface area (Å²) in [5.74, 6) is 0.120. The summed E-state index contributed by atoms with van der Waals surface area (Å²) in [4.78, 5) is 15.2. The third kappa shape index (κ3) is 3.60. The van der Waals surface area contributed by atoms with Crippen LogP contribution >= 0.6 is 11.6 Å². The number of carbonyl (C=O) groups is 1. The average Bonchev–Trinajstić information content (AvgIpc) is 2.30. The SMILES string of the molecule is CC1(C)CCCC(Nc2ncc(C(N)=O)cc2Cl)C1. The van der Waals surface area contributed by atoms with Crippen molar-refractivity contribution in [3.8, 4) is 0 Å². The first-order valence-electron chi connectivity index (χ1n) is 6.59. The highest BCUT2D eigenvalue weighted by Gasteiger charge is 2.28. The van der Waals surface area contributed by atoms with E-state index in [0.29, 0.717) is 27.9 Å². The Morgan fingerprint density at radius 2 is 2.32 bits per heavy atom. The molecule has 1 aromatic rings. The normalized spacial score (nSPS) is 21.9. The summed E-state index contributed by atoms with van der Waals surface area (Å²) in [7, 11) is 0. The van der Waals surface area contributed by atoms with Gasteiger partial charge in [-0.15, -0.1) is 0 Å². The van der Waals surface area contributed by atoms with Crippen LogP contribution in [-0.2, 0) is 0 Å². The average molecular weight is 282 g/mol. The molecule has 0 aromatic carbocycles. The molecule has 0 saturated heterocycles.